The third kappa shape index (κ3) is 2.92. The van der Waals surface area contributed by atoms with Crippen LogP contribution >= 0.6 is 45.8 Å². The highest BCUT2D eigenvalue weighted by Gasteiger charge is 2.19. The van der Waals surface area contributed by atoms with Crippen molar-refractivity contribution >= 4 is 45.8 Å². The lowest BCUT2D eigenvalue weighted by molar-refractivity contribution is 1.06. The molecule has 0 aromatic rings. The van der Waals surface area contributed by atoms with E-state index in [1.165, 1.54) is 0 Å². The van der Waals surface area contributed by atoms with Gasteiger partial charge in [0.15, 0.2) is 0 Å². The summed E-state index contributed by atoms with van der Waals surface area (Å²) >= 11 is 14.1. The molecule has 0 fully saturated rings. The van der Waals surface area contributed by atoms with Crippen LogP contribution in [0.25, 0.3) is 10.4 Å². The van der Waals surface area contributed by atoms with Crippen LogP contribution in [0.15, 0.2) is 39.1 Å². The summed E-state index contributed by atoms with van der Waals surface area (Å²) in [6.45, 7) is 1.97. The number of halogens is 3. The van der Waals surface area contributed by atoms with E-state index in [9.17, 15) is 0 Å². The van der Waals surface area contributed by atoms with Gasteiger partial charge in [0.2, 0.25) is 0 Å². The number of hydrogen-bond acceptors (Lipinski definition) is 1. The van der Waals surface area contributed by atoms with Crippen LogP contribution in [0.5, 0.6) is 0 Å². The Balaban J connectivity index is 3.29. The van der Waals surface area contributed by atoms with Crippen molar-refractivity contribution in [2.45, 2.75) is 10.3 Å². The van der Waals surface area contributed by atoms with Crippen molar-refractivity contribution < 1.29 is 0 Å². The van der Waals surface area contributed by atoms with Crippen LogP contribution in [0.4, 0.5) is 0 Å². The summed E-state index contributed by atoms with van der Waals surface area (Å²) < 4.78 is -0.221. The highest BCUT2D eigenvalue weighted by atomic mass is 127. The molecule has 1 unspecified atom stereocenters. The lowest BCUT2D eigenvalue weighted by atomic mass is 10.1. The van der Waals surface area contributed by atoms with Gasteiger partial charge in [0.1, 0.15) is 0 Å². The molecule has 0 N–H and O–H groups in total. The minimum atomic E-state index is -0.221. The van der Waals surface area contributed by atoms with Crippen LogP contribution in [-0.4, -0.2) is 3.42 Å². The molecular weight excluding hydrogens is 336 g/mol. The van der Waals surface area contributed by atoms with E-state index in [1.807, 2.05) is 13.0 Å². The standard InChI is InChI=1S/C8H6Cl2IN3/c1-8(11)3-2-5(9)7(13-14-12)6(10)4-8/h2-4H,1H3. The molecule has 1 aliphatic carbocycles. The fourth-order valence-corrected chi connectivity index (χ4v) is 2.23. The summed E-state index contributed by atoms with van der Waals surface area (Å²) in [6, 6.07) is 0. The van der Waals surface area contributed by atoms with E-state index in [0.29, 0.717) is 10.1 Å². The number of allylic oxidation sites excluding steroid dienone is 5. The zero-order chi connectivity index (χ0) is 10.8. The monoisotopic (exact) mass is 341 g/mol. The molecule has 1 rings (SSSR count). The third-order valence-corrected chi connectivity index (χ3v) is 2.83. The Morgan fingerprint density at radius 3 is 2.79 bits per heavy atom. The maximum Gasteiger partial charge on any atom is 0.0745 e. The minimum Gasteiger partial charge on any atom is -0.0841 e. The Kier molecular flexibility index (Phi) is 3.89. The molecule has 74 valence electrons. The van der Waals surface area contributed by atoms with Gasteiger partial charge in [-0.1, -0.05) is 57.0 Å². The molecule has 6 heteroatoms. The molecule has 0 aliphatic heterocycles. The predicted molar refractivity (Wildman–Crippen MR) is 67.5 cm³/mol. The topological polar surface area (TPSA) is 48.8 Å². The van der Waals surface area contributed by atoms with Crippen molar-refractivity contribution in [1.29, 1.82) is 0 Å². The van der Waals surface area contributed by atoms with Gasteiger partial charge in [-0.3, -0.25) is 0 Å². The highest BCUT2D eigenvalue weighted by molar-refractivity contribution is 14.1. The van der Waals surface area contributed by atoms with Gasteiger partial charge in [0.25, 0.3) is 0 Å². The molecule has 0 spiro atoms. The molecule has 0 radical (unpaired) electrons. The van der Waals surface area contributed by atoms with Crippen LogP contribution in [0, 0.1) is 0 Å². The first kappa shape index (κ1) is 11.9. The van der Waals surface area contributed by atoms with Gasteiger partial charge in [-0.2, -0.15) is 0 Å². The maximum atomic E-state index is 8.33. The molecule has 14 heavy (non-hydrogen) atoms. The second-order valence-electron chi connectivity index (χ2n) is 2.86. The number of azide groups is 1. The number of hydrogen-bond donors (Lipinski definition) is 0. The Labute approximate surface area is 105 Å². The molecule has 0 aromatic heterocycles. The van der Waals surface area contributed by atoms with E-state index in [0.717, 1.165) is 0 Å². The maximum absolute atomic E-state index is 8.33. The van der Waals surface area contributed by atoms with E-state index in [4.69, 9.17) is 28.7 Å². The van der Waals surface area contributed by atoms with Gasteiger partial charge in [0.05, 0.1) is 14.2 Å². The Morgan fingerprint density at radius 2 is 2.21 bits per heavy atom. The van der Waals surface area contributed by atoms with Gasteiger partial charge in [-0.05, 0) is 24.6 Å². The number of rotatable bonds is 1. The quantitative estimate of drug-likeness (QED) is 0.219. The van der Waals surface area contributed by atoms with Crippen LogP contribution in [0.1, 0.15) is 6.92 Å². The second kappa shape index (κ2) is 4.57. The molecule has 0 saturated heterocycles. The van der Waals surface area contributed by atoms with Crippen molar-refractivity contribution in [2.75, 3.05) is 0 Å². The molecule has 0 bridgehead atoms. The highest BCUT2D eigenvalue weighted by Crippen LogP contribution is 2.34. The van der Waals surface area contributed by atoms with Crippen molar-refractivity contribution in [3.63, 3.8) is 0 Å². The summed E-state index contributed by atoms with van der Waals surface area (Å²) in [5.74, 6) is 0. The number of nitrogens with zero attached hydrogens (tertiary/aromatic N) is 3. The van der Waals surface area contributed by atoms with Gasteiger partial charge in [0, 0.05) is 9.94 Å². The molecule has 0 amide bonds. The van der Waals surface area contributed by atoms with E-state index in [2.05, 4.69) is 32.6 Å². The van der Waals surface area contributed by atoms with Crippen LogP contribution in [0.2, 0.25) is 0 Å². The Morgan fingerprint density at radius 1 is 1.57 bits per heavy atom. The molecular formula is C8H6Cl2IN3. The molecule has 0 aromatic carbocycles. The van der Waals surface area contributed by atoms with E-state index < -0.39 is 0 Å². The van der Waals surface area contributed by atoms with Crippen molar-refractivity contribution in [3.8, 4) is 0 Å². The fourth-order valence-electron chi connectivity index (χ4n) is 0.934. The van der Waals surface area contributed by atoms with Crippen LogP contribution in [-0.2, 0) is 0 Å². The van der Waals surface area contributed by atoms with Gasteiger partial charge in [-0.15, -0.1) is 0 Å². The summed E-state index contributed by atoms with van der Waals surface area (Å²) in [5.41, 5.74) is 8.60. The van der Waals surface area contributed by atoms with Gasteiger partial charge >= 0.3 is 0 Å². The zero-order valence-electron chi connectivity index (χ0n) is 7.21. The molecule has 0 saturated carbocycles. The lowest BCUT2D eigenvalue weighted by Crippen LogP contribution is -2.05. The lowest BCUT2D eigenvalue weighted by Gasteiger charge is -2.10. The van der Waals surface area contributed by atoms with E-state index in [-0.39, 0.29) is 9.12 Å². The third-order valence-electron chi connectivity index (χ3n) is 1.56. The smallest absolute Gasteiger partial charge is 0.0745 e. The SMILES string of the molecule is CC1(I)C=CC(Cl)=C(N=[N+]=[N-])C(Cl)=C1. The predicted octanol–water partition coefficient (Wildman–Crippen LogP) is 4.63. The Hall–Kier alpha value is -0.160. The van der Waals surface area contributed by atoms with Gasteiger partial charge in [-0.25, -0.2) is 0 Å². The van der Waals surface area contributed by atoms with Crippen molar-refractivity contribution in [2.24, 2.45) is 5.11 Å². The average molecular weight is 342 g/mol. The average Bonchev–Trinajstić information content (AvgIpc) is 2.16. The summed E-state index contributed by atoms with van der Waals surface area (Å²) in [4.78, 5) is 2.67. The van der Waals surface area contributed by atoms with E-state index in [1.54, 1.807) is 12.2 Å². The van der Waals surface area contributed by atoms with Crippen LogP contribution < -0.4 is 0 Å². The van der Waals surface area contributed by atoms with E-state index >= 15 is 0 Å². The normalized spacial score (nSPS) is 26.7. The molecule has 1 aliphatic rings. The van der Waals surface area contributed by atoms with Crippen molar-refractivity contribution in [1.82, 2.24) is 0 Å². The second-order valence-corrected chi connectivity index (χ2v) is 6.00. The number of alkyl halides is 1. The minimum absolute atomic E-state index is 0.221. The molecule has 0 heterocycles. The summed E-state index contributed by atoms with van der Waals surface area (Å²) in [7, 11) is 0. The van der Waals surface area contributed by atoms with Crippen molar-refractivity contribution in [3.05, 3.63) is 44.4 Å². The summed E-state index contributed by atoms with van der Waals surface area (Å²) in [6.07, 6.45) is 5.35. The fraction of sp³-hybridized carbons (Fsp3) is 0.250. The van der Waals surface area contributed by atoms with Crippen LogP contribution in [0.3, 0.4) is 0 Å². The largest absolute Gasteiger partial charge is 0.0841 e. The first-order valence-electron chi connectivity index (χ1n) is 3.68. The zero-order valence-corrected chi connectivity index (χ0v) is 10.9. The first-order valence-corrected chi connectivity index (χ1v) is 5.51. The molecule has 3 nitrogen and oxygen atoms in total. The van der Waals surface area contributed by atoms with Gasteiger partial charge < -0.3 is 0 Å². The Bertz CT molecular complexity index is 389. The summed E-state index contributed by atoms with van der Waals surface area (Å²) in [5, 5.41) is 4.17. The first-order chi connectivity index (χ1) is 6.46. The molecule has 1 atom stereocenters.